The first-order valence-electron chi connectivity index (χ1n) is 10.5. The lowest BCUT2D eigenvalue weighted by Crippen LogP contribution is -2.50. The van der Waals surface area contributed by atoms with Crippen LogP contribution < -0.4 is 4.74 Å². The van der Waals surface area contributed by atoms with Crippen molar-refractivity contribution >= 4 is 22.0 Å². The molecule has 1 aliphatic carbocycles. The second kappa shape index (κ2) is 9.08. The minimum Gasteiger partial charge on any atom is -0.487 e. The lowest BCUT2D eigenvalue weighted by atomic mass is 10.0. The number of amides is 1. The SMILES string of the molecule is C/C=C/c1ccc2c(c1)O[C@H](CN(C)C(=O)C1CC1)[C@H](C)CN([C@H](C)CO)S2(=O)=O. The second-order valence-corrected chi connectivity index (χ2v) is 10.3. The Morgan fingerprint density at radius 3 is 2.70 bits per heavy atom. The van der Waals surface area contributed by atoms with Crippen LogP contribution in [0.3, 0.4) is 0 Å². The minimum atomic E-state index is -3.85. The molecule has 0 radical (unpaired) electrons. The molecule has 2 aliphatic rings. The maximum Gasteiger partial charge on any atom is 0.247 e. The molecule has 0 saturated heterocycles. The van der Waals surface area contributed by atoms with E-state index in [2.05, 4.69) is 0 Å². The number of allylic oxidation sites excluding steroid dienone is 1. The van der Waals surface area contributed by atoms with E-state index in [1.807, 2.05) is 26.0 Å². The quantitative estimate of drug-likeness (QED) is 0.740. The van der Waals surface area contributed by atoms with Gasteiger partial charge in [0.1, 0.15) is 16.7 Å². The van der Waals surface area contributed by atoms with Crippen LogP contribution >= 0.6 is 0 Å². The zero-order valence-electron chi connectivity index (χ0n) is 18.1. The van der Waals surface area contributed by atoms with E-state index in [0.717, 1.165) is 18.4 Å². The van der Waals surface area contributed by atoms with Gasteiger partial charge in [0.05, 0.1) is 13.2 Å². The second-order valence-electron chi connectivity index (χ2n) is 8.44. The molecule has 8 heteroatoms. The molecule has 166 valence electrons. The Hall–Kier alpha value is -1.90. The van der Waals surface area contributed by atoms with Gasteiger partial charge in [-0.2, -0.15) is 4.31 Å². The molecule has 0 unspecified atom stereocenters. The summed E-state index contributed by atoms with van der Waals surface area (Å²) in [6, 6.07) is 4.46. The number of fused-ring (bicyclic) bond motifs is 1. The number of benzene rings is 1. The highest BCUT2D eigenvalue weighted by atomic mass is 32.2. The maximum absolute atomic E-state index is 13.4. The highest BCUT2D eigenvalue weighted by Gasteiger charge is 2.39. The van der Waals surface area contributed by atoms with Gasteiger partial charge in [-0.15, -0.1) is 0 Å². The normalized spacial score (nSPS) is 25.1. The smallest absolute Gasteiger partial charge is 0.247 e. The fraction of sp³-hybridized carbons (Fsp3) is 0.591. The summed E-state index contributed by atoms with van der Waals surface area (Å²) in [5.41, 5.74) is 0.836. The first-order valence-corrected chi connectivity index (χ1v) is 11.9. The van der Waals surface area contributed by atoms with E-state index in [1.54, 1.807) is 37.1 Å². The molecule has 0 aromatic heterocycles. The summed E-state index contributed by atoms with van der Waals surface area (Å²) in [6.45, 7) is 5.82. The molecule has 1 aromatic rings. The maximum atomic E-state index is 13.4. The van der Waals surface area contributed by atoms with Crippen LogP contribution in [0.1, 0.15) is 39.2 Å². The van der Waals surface area contributed by atoms with Gasteiger partial charge >= 0.3 is 0 Å². The monoisotopic (exact) mass is 436 g/mol. The van der Waals surface area contributed by atoms with Crippen molar-refractivity contribution in [2.45, 2.75) is 50.7 Å². The lowest BCUT2D eigenvalue weighted by molar-refractivity contribution is -0.132. The highest BCUT2D eigenvalue weighted by molar-refractivity contribution is 7.89. The molecule has 1 amide bonds. The third kappa shape index (κ3) is 4.71. The molecule has 1 heterocycles. The number of aliphatic hydroxyl groups excluding tert-OH is 1. The number of nitrogens with zero attached hydrogens (tertiary/aromatic N) is 2. The van der Waals surface area contributed by atoms with Crippen LogP contribution in [-0.2, 0) is 14.8 Å². The molecule has 1 aromatic carbocycles. The van der Waals surface area contributed by atoms with E-state index >= 15 is 0 Å². The van der Waals surface area contributed by atoms with Crippen molar-refractivity contribution in [1.82, 2.24) is 9.21 Å². The van der Waals surface area contributed by atoms with Gasteiger partial charge in [-0.25, -0.2) is 8.42 Å². The van der Waals surface area contributed by atoms with Crippen LogP contribution in [-0.4, -0.2) is 67.5 Å². The van der Waals surface area contributed by atoms with Crippen LogP contribution in [0.25, 0.3) is 6.08 Å². The predicted octanol–water partition coefficient (Wildman–Crippen LogP) is 2.36. The molecule has 30 heavy (non-hydrogen) atoms. The van der Waals surface area contributed by atoms with Crippen LogP contribution in [0.15, 0.2) is 29.2 Å². The van der Waals surface area contributed by atoms with Crippen molar-refractivity contribution < 1.29 is 23.1 Å². The highest BCUT2D eigenvalue weighted by Crippen LogP contribution is 2.35. The van der Waals surface area contributed by atoms with Gasteiger partial charge in [0, 0.05) is 31.5 Å². The molecule has 1 aliphatic heterocycles. The molecule has 3 atom stereocenters. The molecule has 1 fully saturated rings. The summed E-state index contributed by atoms with van der Waals surface area (Å²) in [5, 5.41) is 9.68. The zero-order valence-corrected chi connectivity index (χ0v) is 18.9. The van der Waals surface area contributed by atoms with Crippen molar-refractivity contribution in [3.63, 3.8) is 0 Å². The summed E-state index contributed by atoms with van der Waals surface area (Å²) in [5.74, 6) is 0.328. The van der Waals surface area contributed by atoms with Gasteiger partial charge in [0.25, 0.3) is 0 Å². The Morgan fingerprint density at radius 1 is 1.40 bits per heavy atom. The number of sulfonamides is 1. The van der Waals surface area contributed by atoms with Crippen molar-refractivity contribution in [2.24, 2.45) is 11.8 Å². The van der Waals surface area contributed by atoms with E-state index in [9.17, 15) is 18.3 Å². The molecular formula is C22H32N2O5S. The van der Waals surface area contributed by atoms with Crippen molar-refractivity contribution in [3.05, 3.63) is 29.8 Å². The van der Waals surface area contributed by atoms with Crippen molar-refractivity contribution in [3.8, 4) is 5.75 Å². The zero-order chi connectivity index (χ0) is 22.1. The number of carbonyl (C=O) groups is 1. The van der Waals surface area contributed by atoms with Gasteiger partial charge in [-0.05, 0) is 44.4 Å². The van der Waals surface area contributed by atoms with E-state index < -0.39 is 16.1 Å². The summed E-state index contributed by atoms with van der Waals surface area (Å²) in [4.78, 5) is 14.3. The van der Waals surface area contributed by atoms with Crippen LogP contribution in [0, 0.1) is 11.8 Å². The largest absolute Gasteiger partial charge is 0.487 e. The average Bonchev–Trinajstić information content (AvgIpc) is 3.55. The van der Waals surface area contributed by atoms with Crippen molar-refractivity contribution in [1.29, 1.82) is 0 Å². The molecular weight excluding hydrogens is 404 g/mol. The number of hydrogen-bond donors (Lipinski definition) is 1. The van der Waals surface area contributed by atoms with Gasteiger partial charge < -0.3 is 14.7 Å². The summed E-state index contributed by atoms with van der Waals surface area (Å²) >= 11 is 0. The first-order chi connectivity index (χ1) is 14.2. The Kier molecular flexibility index (Phi) is 6.89. The Morgan fingerprint density at radius 2 is 2.10 bits per heavy atom. The van der Waals surface area contributed by atoms with E-state index in [0.29, 0.717) is 6.54 Å². The molecule has 1 saturated carbocycles. The molecule has 7 nitrogen and oxygen atoms in total. The van der Waals surface area contributed by atoms with Gasteiger partial charge in [0.2, 0.25) is 15.9 Å². The Balaban J connectivity index is 2.01. The van der Waals surface area contributed by atoms with Crippen LogP contribution in [0.4, 0.5) is 0 Å². The topological polar surface area (TPSA) is 87.2 Å². The number of carbonyl (C=O) groups excluding carboxylic acids is 1. The van der Waals surface area contributed by atoms with Crippen molar-refractivity contribution in [2.75, 3.05) is 26.7 Å². The molecule has 3 rings (SSSR count). The third-order valence-corrected chi connectivity index (χ3v) is 7.83. The van der Waals surface area contributed by atoms with Crippen LogP contribution in [0.2, 0.25) is 0 Å². The van der Waals surface area contributed by atoms with Gasteiger partial charge in [-0.1, -0.05) is 25.1 Å². The average molecular weight is 437 g/mol. The minimum absolute atomic E-state index is 0.0872. The number of likely N-dealkylation sites (N-methyl/N-ethyl adjacent to an activating group) is 1. The Bertz CT molecular complexity index is 910. The summed E-state index contributed by atoms with van der Waals surface area (Å²) < 4.78 is 34.4. The van der Waals surface area contributed by atoms with E-state index in [-0.39, 0.29) is 47.6 Å². The number of rotatable bonds is 6. The first kappa shape index (κ1) is 22.8. The Labute approximate surface area is 179 Å². The predicted molar refractivity (Wildman–Crippen MR) is 116 cm³/mol. The van der Waals surface area contributed by atoms with Gasteiger partial charge in [0.15, 0.2) is 0 Å². The van der Waals surface area contributed by atoms with E-state index in [4.69, 9.17) is 4.74 Å². The van der Waals surface area contributed by atoms with E-state index in [1.165, 1.54) is 4.31 Å². The number of hydrogen-bond acceptors (Lipinski definition) is 5. The molecule has 0 spiro atoms. The number of ether oxygens (including phenoxy) is 1. The van der Waals surface area contributed by atoms with Gasteiger partial charge in [-0.3, -0.25) is 4.79 Å². The fourth-order valence-electron chi connectivity index (χ4n) is 3.76. The molecule has 1 N–H and O–H groups in total. The summed E-state index contributed by atoms with van der Waals surface area (Å²) in [6.07, 6.45) is 5.24. The summed E-state index contributed by atoms with van der Waals surface area (Å²) in [7, 11) is -2.07. The number of aliphatic hydroxyl groups is 1. The van der Waals surface area contributed by atoms with Crippen LogP contribution in [0.5, 0.6) is 5.75 Å². The standard InChI is InChI=1S/C22H32N2O5S/c1-5-6-17-7-10-21-19(11-17)29-20(13-23(4)22(26)18-8-9-18)15(2)12-24(16(3)14-25)30(21,27)28/h5-7,10-11,15-16,18,20,25H,8-9,12-14H2,1-4H3/b6-5+/t15-,16-,20-/m1/s1. The third-order valence-electron chi connectivity index (χ3n) is 5.81. The fourth-order valence-corrected chi connectivity index (χ4v) is 5.58. The lowest BCUT2D eigenvalue weighted by Gasteiger charge is -2.37. The molecule has 0 bridgehead atoms.